The molecule has 25 heavy (non-hydrogen) atoms. The van der Waals surface area contributed by atoms with E-state index < -0.39 is 0 Å². The van der Waals surface area contributed by atoms with Gasteiger partial charge in [-0.3, -0.25) is 4.79 Å². The first-order valence-electron chi connectivity index (χ1n) is 11.1. The van der Waals surface area contributed by atoms with Crippen molar-refractivity contribution >= 4 is 5.97 Å². The van der Waals surface area contributed by atoms with Crippen LogP contribution < -0.4 is 0 Å². The van der Waals surface area contributed by atoms with E-state index in [4.69, 9.17) is 9.84 Å². The standard InChI is InChI=1S/C22H44O3/c1-2-3-21-25-22(24)19-17-15-13-11-9-7-5-4-6-8-10-12-14-16-18-20-23/h23H,2-21H2,1H3. The molecule has 0 unspecified atom stereocenters. The van der Waals surface area contributed by atoms with E-state index in [0.29, 0.717) is 19.6 Å². The first-order valence-corrected chi connectivity index (χ1v) is 11.1. The molecule has 3 nitrogen and oxygen atoms in total. The number of hydrogen-bond donors (Lipinski definition) is 1. The second kappa shape index (κ2) is 21.5. The van der Waals surface area contributed by atoms with E-state index in [1.165, 1.54) is 83.5 Å². The Morgan fingerprint density at radius 1 is 0.640 bits per heavy atom. The van der Waals surface area contributed by atoms with E-state index in [-0.39, 0.29) is 5.97 Å². The number of aliphatic hydroxyl groups is 1. The zero-order valence-electron chi connectivity index (χ0n) is 16.9. The number of aliphatic hydroxyl groups excluding tert-OH is 1. The molecule has 1 N–H and O–H groups in total. The molecule has 0 spiro atoms. The molecule has 0 aliphatic rings. The van der Waals surface area contributed by atoms with E-state index >= 15 is 0 Å². The summed E-state index contributed by atoms with van der Waals surface area (Å²) in [5.74, 6) is -0.0122. The van der Waals surface area contributed by atoms with Crippen LogP contribution in [0.3, 0.4) is 0 Å². The molecular formula is C22H44O3. The summed E-state index contributed by atoms with van der Waals surface area (Å²) in [5.41, 5.74) is 0. The normalized spacial score (nSPS) is 11.0. The Hall–Kier alpha value is -0.570. The maximum absolute atomic E-state index is 11.4. The predicted octanol–water partition coefficient (Wildman–Crippen LogP) is 6.56. The van der Waals surface area contributed by atoms with Gasteiger partial charge in [0.15, 0.2) is 0 Å². The predicted molar refractivity (Wildman–Crippen MR) is 107 cm³/mol. The average Bonchev–Trinajstić information content (AvgIpc) is 2.61. The summed E-state index contributed by atoms with van der Waals surface area (Å²) in [6, 6.07) is 0. The fourth-order valence-electron chi connectivity index (χ4n) is 3.08. The Labute approximate surface area is 156 Å². The number of carbonyl (C=O) groups is 1. The molecule has 0 radical (unpaired) electrons. The molecule has 150 valence electrons. The molecule has 0 amide bonds. The van der Waals surface area contributed by atoms with Crippen molar-refractivity contribution in [2.75, 3.05) is 13.2 Å². The third kappa shape index (κ3) is 21.4. The summed E-state index contributed by atoms with van der Waals surface area (Å²) >= 11 is 0. The Morgan fingerprint density at radius 3 is 1.44 bits per heavy atom. The van der Waals surface area contributed by atoms with Gasteiger partial charge in [-0.2, -0.15) is 0 Å². The first kappa shape index (κ1) is 24.4. The maximum atomic E-state index is 11.4. The SMILES string of the molecule is CCCCOC(=O)CCCCCCCCCCCCCCCCCO. The van der Waals surface area contributed by atoms with Crippen molar-refractivity contribution in [3.05, 3.63) is 0 Å². The molecule has 0 aromatic rings. The third-order valence-electron chi connectivity index (χ3n) is 4.80. The summed E-state index contributed by atoms with van der Waals surface area (Å²) < 4.78 is 5.16. The van der Waals surface area contributed by atoms with Gasteiger partial charge < -0.3 is 9.84 Å². The fourth-order valence-corrected chi connectivity index (χ4v) is 3.08. The van der Waals surface area contributed by atoms with E-state index in [1.807, 2.05) is 0 Å². The highest BCUT2D eigenvalue weighted by Crippen LogP contribution is 2.13. The Morgan fingerprint density at radius 2 is 1.04 bits per heavy atom. The summed E-state index contributed by atoms with van der Waals surface area (Å²) in [7, 11) is 0. The second-order valence-electron chi connectivity index (χ2n) is 7.35. The Balaban J connectivity index is 3.06. The lowest BCUT2D eigenvalue weighted by Gasteiger charge is -2.04. The summed E-state index contributed by atoms with van der Waals surface area (Å²) in [6.07, 6.45) is 21.8. The zero-order valence-corrected chi connectivity index (χ0v) is 16.9. The highest BCUT2D eigenvalue weighted by Gasteiger charge is 2.01. The van der Waals surface area contributed by atoms with Crippen molar-refractivity contribution in [2.45, 2.75) is 122 Å². The minimum absolute atomic E-state index is 0.0122. The van der Waals surface area contributed by atoms with Crippen molar-refractivity contribution in [1.82, 2.24) is 0 Å². The molecular weight excluding hydrogens is 312 g/mol. The zero-order chi connectivity index (χ0) is 18.4. The topological polar surface area (TPSA) is 46.5 Å². The van der Waals surface area contributed by atoms with Crippen molar-refractivity contribution < 1.29 is 14.6 Å². The van der Waals surface area contributed by atoms with Crippen LogP contribution in [0.1, 0.15) is 122 Å². The summed E-state index contributed by atoms with van der Waals surface area (Å²) in [4.78, 5) is 11.4. The maximum Gasteiger partial charge on any atom is 0.305 e. The highest BCUT2D eigenvalue weighted by atomic mass is 16.5. The Kier molecular flexibility index (Phi) is 21.0. The van der Waals surface area contributed by atoms with Crippen LogP contribution in [0.4, 0.5) is 0 Å². The Bertz CT molecular complexity index is 266. The van der Waals surface area contributed by atoms with Gasteiger partial charge in [0.05, 0.1) is 6.61 Å². The number of hydrogen-bond acceptors (Lipinski definition) is 3. The van der Waals surface area contributed by atoms with E-state index in [0.717, 1.165) is 25.7 Å². The molecule has 0 saturated heterocycles. The van der Waals surface area contributed by atoms with Crippen molar-refractivity contribution in [3.8, 4) is 0 Å². The van der Waals surface area contributed by atoms with E-state index in [2.05, 4.69) is 6.92 Å². The van der Waals surface area contributed by atoms with Crippen LogP contribution >= 0.6 is 0 Å². The molecule has 0 aromatic heterocycles. The largest absolute Gasteiger partial charge is 0.466 e. The monoisotopic (exact) mass is 356 g/mol. The minimum atomic E-state index is -0.0122. The molecule has 0 aromatic carbocycles. The molecule has 0 aliphatic carbocycles. The van der Waals surface area contributed by atoms with Crippen LogP contribution in [-0.4, -0.2) is 24.3 Å². The molecule has 0 saturated carbocycles. The van der Waals surface area contributed by atoms with Gasteiger partial charge in [-0.1, -0.05) is 96.8 Å². The van der Waals surface area contributed by atoms with Gasteiger partial charge in [0.25, 0.3) is 0 Å². The summed E-state index contributed by atoms with van der Waals surface area (Å²) in [5, 5.41) is 8.71. The lowest BCUT2D eigenvalue weighted by Crippen LogP contribution is -2.05. The quantitative estimate of drug-likeness (QED) is 0.198. The molecule has 0 aliphatic heterocycles. The van der Waals surface area contributed by atoms with Gasteiger partial charge in [-0.05, 0) is 19.3 Å². The molecule has 0 heterocycles. The number of ether oxygens (including phenoxy) is 1. The highest BCUT2D eigenvalue weighted by molar-refractivity contribution is 5.69. The fraction of sp³-hybridized carbons (Fsp3) is 0.955. The van der Waals surface area contributed by atoms with Gasteiger partial charge in [0.1, 0.15) is 0 Å². The van der Waals surface area contributed by atoms with Crippen LogP contribution in [0, 0.1) is 0 Å². The van der Waals surface area contributed by atoms with Crippen LogP contribution in [0.5, 0.6) is 0 Å². The average molecular weight is 357 g/mol. The van der Waals surface area contributed by atoms with Crippen LogP contribution in [0.15, 0.2) is 0 Å². The van der Waals surface area contributed by atoms with Crippen LogP contribution in [-0.2, 0) is 9.53 Å². The van der Waals surface area contributed by atoms with Gasteiger partial charge in [-0.15, -0.1) is 0 Å². The van der Waals surface area contributed by atoms with E-state index in [9.17, 15) is 4.79 Å². The molecule has 0 atom stereocenters. The molecule has 0 rings (SSSR count). The number of rotatable bonds is 20. The smallest absolute Gasteiger partial charge is 0.305 e. The third-order valence-corrected chi connectivity index (χ3v) is 4.80. The van der Waals surface area contributed by atoms with Gasteiger partial charge in [0.2, 0.25) is 0 Å². The van der Waals surface area contributed by atoms with Gasteiger partial charge in [-0.25, -0.2) is 0 Å². The summed E-state index contributed by atoms with van der Waals surface area (Å²) in [6.45, 7) is 3.06. The van der Waals surface area contributed by atoms with Crippen LogP contribution in [0.2, 0.25) is 0 Å². The number of esters is 1. The first-order chi connectivity index (χ1) is 12.3. The van der Waals surface area contributed by atoms with Gasteiger partial charge in [0, 0.05) is 13.0 Å². The van der Waals surface area contributed by atoms with E-state index in [1.54, 1.807) is 0 Å². The lowest BCUT2D eigenvalue weighted by molar-refractivity contribution is -0.143. The lowest BCUT2D eigenvalue weighted by atomic mass is 10.0. The van der Waals surface area contributed by atoms with Crippen molar-refractivity contribution in [3.63, 3.8) is 0 Å². The molecule has 3 heteroatoms. The number of unbranched alkanes of at least 4 members (excludes halogenated alkanes) is 15. The number of carbonyl (C=O) groups excluding carboxylic acids is 1. The second-order valence-corrected chi connectivity index (χ2v) is 7.35. The minimum Gasteiger partial charge on any atom is -0.466 e. The van der Waals surface area contributed by atoms with Crippen molar-refractivity contribution in [2.24, 2.45) is 0 Å². The van der Waals surface area contributed by atoms with Gasteiger partial charge >= 0.3 is 5.97 Å². The van der Waals surface area contributed by atoms with Crippen LogP contribution in [0.25, 0.3) is 0 Å². The molecule has 0 fully saturated rings. The van der Waals surface area contributed by atoms with Crippen molar-refractivity contribution in [1.29, 1.82) is 0 Å². The molecule has 0 bridgehead atoms.